The molecule has 0 unspecified atom stereocenters. The molecule has 7 nitrogen and oxygen atoms in total. The summed E-state index contributed by atoms with van der Waals surface area (Å²) >= 11 is 0. The van der Waals surface area contributed by atoms with Crippen LogP contribution >= 0.6 is 0 Å². The monoisotopic (exact) mass is 439 g/mol. The van der Waals surface area contributed by atoms with Crippen LogP contribution in [0.2, 0.25) is 0 Å². The van der Waals surface area contributed by atoms with E-state index in [2.05, 4.69) is 27.2 Å². The van der Waals surface area contributed by atoms with Crippen molar-refractivity contribution < 1.29 is 18.7 Å². The lowest BCUT2D eigenvalue weighted by Gasteiger charge is -2.30. The zero-order chi connectivity index (χ0) is 22.2. The quantitative estimate of drug-likeness (QED) is 0.676. The van der Waals surface area contributed by atoms with E-state index < -0.39 is 23.6 Å². The van der Waals surface area contributed by atoms with Crippen LogP contribution in [0.15, 0.2) is 48.5 Å². The minimum absolute atomic E-state index is 0.0803. The van der Waals surface area contributed by atoms with Crippen molar-refractivity contribution in [2.24, 2.45) is 0 Å². The Morgan fingerprint density at radius 3 is 2.69 bits per heavy atom. The molecular weight excluding hydrogens is 416 g/mol. The van der Waals surface area contributed by atoms with E-state index >= 15 is 0 Å². The minimum atomic E-state index is -0.876. The molecule has 2 atom stereocenters. The lowest BCUT2D eigenvalue weighted by atomic mass is 10.1. The largest absolute Gasteiger partial charge is 0.392 e. The first-order chi connectivity index (χ1) is 15.5. The second kappa shape index (κ2) is 8.40. The van der Waals surface area contributed by atoms with Crippen LogP contribution in [0.5, 0.6) is 0 Å². The Kier molecular flexibility index (Phi) is 5.44. The highest BCUT2D eigenvalue weighted by Gasteiger charge is 2.37. The van der Waals surface area contributed by atoms with Crippen LogP contribution in [-0.4, -0.2) is 54.8 Å². The van der Waals surface area contributed by atoms with E-state index in [0.29, 0.717) is 44.5 Å². The highest BCUT2D eigenvalue weighted by Crippen LogP contribution is 2.33. The summed E-state index contributed by atoms with van der Waals surface area (Å²) in [6, 6.07) is 12.9. The molecule has 166 valence electrons. The molecular formula is C23H23F2N5O2. The Morgan fingerprint density at radius 2 is 1.91 bits per heavy atom. The first kappa shape index (κ1) is 20.7. The number of hydrogen-bond acceptors (Lipinski definition) is 5. The molecule has 5 rings (SSSR count). The molecule has 1 saturated heterocycles. The number of carbonyl (C=O) groups is 1. The van der Waals surface area contributed by atoms with Gasteiger partial charge in [0.15, 0.2) is 11.6 Å². The van der Waals surface area contributed by atoms with Gasteiger partial charge >= 0.3 is 0 Å². The van der Waals surface area contributed by atoms with E-state index in [1.807, 2.05) is 22.8 Å². The van der Waals surface area contributed by atoms with Crippen molar-refractivity contribution in [3.63, 3.8) is 0 Å². The molecule has 1 N–H and O–H groups in total. The topological polar surface area (TPSA) is 74.5 Å². The standard InChI is InChI=1S/C23H23F2N5O2/c24-16-6-7-18(19(25)10-16)23(32)28-8-9-30-21(14-28)26-27-22(30)20-11-17(31)13-29(20)12-15-4-2-1-3-5-15/h1-7,10,17,20,31H,8-9,11-14H2/t17-,20-/m0/s1. The van der Waals surface area contributed by atoms with E-state index in [4.69, 9.17) is 0 Å². The highest BCUT2D eigenvalue weighted by molar-refractivity contribution is 5.94. The zero-order valence-electron chi connectivity index (χ0n) is 17.4. The van der Waals surface area contributed by atoms with Gasteiger partial charge in [0.25, 0.3) is 5.91 Å². The second-order valence-corrected chi connectivity index (χ2v) is 8.30. The van der Waals surface area contributed by atoms with E-state index in [1.165, 1.54) is 11.0 Å². The number of aliphatic hydroxyl groups is 1. The van der Waals surface area contributed by atoms with Gasteiger partial charge in [-0.25, -0.2) is 8.78 Å². The number of β-amino-alcohol motifs (C(OH)–C–C–N with tert-alkyl or cyclic N) is 1. The predicted molar refractivity (Wildman–Crippen MR) is 111 cm³/mol. The Labute approximate surface area is 183 Å². The fourth-order valence-electron chi connectivity index (χ4n) is 4.57. The average molecular weight is 439 g/mol. The lowest BCUT2D eigenvalue weighted by Crippen LogP contribution is -2.39. The van der Waals surface area contributed by atoms with Crippen molar-refractivity contribution in [2.75, 3.05) is 13.1 Å². The molecule has 0 aliphatic carbocycles. The Morgan fingerprint density at radius 1 is 1.09 bits per heavy atom. The molecule has 32 heavy (non-hydrogen) atoms. The maximum atomic E-state index is 14.1. The molecule has 3 heterocycles. The summed E-state index contributed by atoms with van der Waals surface area (Å²) in [5, 5.41) is 19.0. The molecule has 2 aliphatic rings. The lowest BCUT2D eigenvalue weighted by molar-refractivity contribution is 0.0699. The number of amides is 1. The number of benzene rings is 2. The van der Waals surface area contributed by atoms with E-state index in [9.17, 15) is 18.7 Å². The van der Waals surface area contributed by atoms with Gasteiger partial charge in [-0.05, 0) is 24.1 Å². The van der Waals surface area contributed by atoms with Crippen LogP contribution in [0.25, 0.3) is 0 Å². The van der Waals surface area contributed by atoms with Crippen LogP contribution in [0.4, 0.5) is 8.78 Å². The van der Waals surface area contributed by atoms with Crippen LogP contribution < -0.4 is 0 Å². The molecule has 0 bridgehead atoms. The Bertz CT molecular complexity index is 1140. The maximum Gasteiger partial charge on any atom is 0.257 e. The number of carbonyl (C=O) groups excluding carboxylic acids is 1. The number of likely N-dealkylation sites (tertiary alicyclic amines) is 1. The van der Waals surface area contributed by atoms with Gasteiger partial charge < -0.3 is 14.6 Å². The fourth-order valence-corrected chi connectivity index (χ4v) is 4.57. The SMILES string of the molecule is O=C(c1ccc(F)cc1F)N1CCn2c(nnc2[C@@H]2C[C@H](O)CN2Cc2ccccc2)C1. The number of aliphatic hydroxyl groups excluding tert-OH is 1. The molecule has 1 fully saturated rings. The summed E-state index contributed by atoms with van der Waals surface area (Å²) in [6.07, 6.45) is 0.119. The molecule has 1 aromatic heterocycles. The van der Waals surface area contributed by atoms with Crippen molar-refractivity contribution in [2.45, 2.75) is 38.2 Å². The van der Waals surface area contributed by atoms with E-state index in [1.54, 1.807) is 0 Å². The average Bonchev–Trinajstić information content (AvgIpc) is 3.36. The van der Waals surface area contributed by atoms with Gasteiger partial charge in [0.1, 0.15) is 11.6 Å². The third kappa shape index (κ3) is 3.89. The predicted octanol–water partition coefficient (Wildman–Crippen LogP) is 2.52. The Balaban J connectivity index is 1.35. The third-order valence-corrected chi connectivity index (χ3v) is 6.14. The molecule has 0 saturated carbocycles. The van der Waals surface area contributed by atoms with Crippen LogP contribution in [-0.2, 0) is 19.6 Å². The van der Waals surface area contributed by atoms with E-state index in [-0.39, 0.29) is 18.2 Å². The summed E-state index contributed by atoms with van der Waals surface area (Å²) in [7, 11) is 0. The van der Waals surface area contributed by atoms with Gasteiger partial charge in [-0.1, -0.05) is 30.3 Å². The zero-order valence-corrected chi connectivity index (χ0v) is 17.4. The number of nitrogens with zero attached hydrogens (tertiary/aromatic N) is 5. The molecule has 3 aromatic rings. The van der Waals surface area contributed by atoms with Gasteiger partial charge in [-0.15, -0.1) is 10.2 Å². The van der Waals surface area contributed by atoms with Crippen molar-refractivity contribution >= 4 is 5.91 Å². The van der Waals surface area contributed by atoms with Gasteiger partial charge in [-0.3, -0.25) is 9.69 Å². The molecule has 0 radical (unpaired) electrons. The van der Waals surface area contributed by atoms with Gasteiger partial charge in [-0.2, -0.15) is 0 Å². The normalized spacial score (nSPS) is 21.0. The number of aromatic nitrogens is 3. The summed E-state index contributed by atoms with van der Waals surface area (Å²) in [4.78, 5) is 16.5. The summed E-state index contributed by atoms with van der Waals surface area (Å²) in [6.45, 7) is 2.27. The first-order valence-corrected chi connectivity index (χ1v) is 10.6. The van der Waals surface area contributed by atoms with Crippen molar-refractivity contribution in [3.05, 3.63) is 82.9 Å². The number of halogens is 2. The van der Waals surface area contributed by atoms with Crippen molar-refractivity contribution in [3.8, 4) is 0 Å². The summed E-state index contributed by atoms with van der Waals surface area (Å²) in [5.74, 6) is -0.712. The first-order valence-electron chi connectivity index (χ1n) is 10.6. The molecule has 2 aliphatic heterocycles. The molecule has 0 spiro atoms. The second-order valence-electron chi connectivity index (χ2n) is 8.30. The van der Waals surface area contributed by atoms with Gasteiger partial charge in [0, 0.05) is 32.2 Å². The third-order valence-electron chi connectivity index (χ3n) is 6.14. The highest BCUT2D eigenvalue weighted by atomic mass is 19.1. The summed E-state index contributed by atoms with van der Waals surface area (Å²) < 4.78 is 29.2. The van der Waals surface area contributed by atoms with E-state index in [0.717, 1.165) is 17.5 Å². The van der Waals surface area contributed by atoms with Crippen molar-refractivity contribution in [1.29, 1.82) is 0 Å². The van der Waals surface area contributed by atoms with Gasteiger partial charge in [0.2, 0.25) is 0 Å². The van der Waals surface area contributed by atoms with Crippen LogP contribution in [0, 0.1) is 11.6 Å². The van der Waals surface area contributed by atoms with Crippen LogP contribution in [0.3, 0.4) is 0 Å². The molecule has 2 aromatic carbocycles. The smallest absolute Gasteiger partial charge is 0.257 e. The number of hydrogen-bond donors (Lipinski definition) is 1. The molecule has 9 heteroatoms. The minimum Gasteiger partial charge on any atom is -0.392 e. The number of rotatable bonds is 4. The summed E-state index contributed by atoms with van der Waals surface area (Å²) in [5.41, 5.74) is 0.996. The number of fused-ring (bicyclic) bond motifs is 1. The van der Waals surface area contributed by atoms with Crippen molar-refractivity contribution in [1.82, 2.24) is 24.6 Å². The van der Waals surface area contributed by atoms with Gasteiger partial charge in [0.05, 0.1) is 24.3 Å². The van der Waals surface area contributed by atoms with Crippen LogP contribution in [0.1, 0.15) is 40.0 Å². The molecule has 1 amide bonds. The fraction of sp³-hybridized carbons (Fsp3) is 0.348. The maximum absolute atomic E-state index is 14.1. The Hall–Kier alpha value is -3.17.